The van der Waals surface area contributed by atoms with E-state index in [1.807, 2.05) is 0 Å². The van der Waals surface area contributed by atoms with Gasteiger partial charge in [0, 0.05) is 22.3 Å². The number of fused-ring (bicyclic) bond motifs is 1. The number of benzene rings is 2. The molecule has 0 spiro atoms. The second-order valence-corrected chi connectivity index (χ2v) is 6.90. The second-order valence-electron chi connectivity index (χ2n) is 4.54. The Bertz CT molecular complexity index is 922. The van der Waals surface area contributed by atoms with Crippen molar-refractivity contribution in [2.75, 3.05) is 5.73 Å². The van der Waals surface area contributed by atoms with E-state index in [0.717, 1.165) is 0 Å². The molecule has 1 heterocycles. The van der Waals surface area contributed by atoms with E-state index in [1.54, 1.807) is 30.3 Å². The lowest BCUT2D eigenvalue weighted by atomic mass is 10.2. The van der Waals surface area contributed by atoms with Crippen molar-refractivity contribution in [3.63, 3.8) is 0 Å². The quantitative estimate of drug-likeness (QED) is 0.736. The number of hydrogen-bond donors (Lipinski definition) is 1. The van der Waals surface area contributed by atoms with Gasteiger partial charge < -0.3 is 5.73 Å². The Morgan fingerprint density at radius 1 is 1.00 bits per heavy atom. The van der Waals surface area contributed by atoms with Crippen LogP contribution in [0.3, 0.4) is 0 Å². The largest absolute Gasteiger partial charge is 0.399 e. The number of nitrogen functional groups attached to an aromatic ring is 1. The van der Waals surface area contributed by atoms with Crippen LogP contribution in [0.2, 0.25) is 5.02 Å². The summed E-state index contributed by atoms with van der Waals surface area (Å²) < 4.78 is 25.5. The standard InChI is InChI=1S/C15H11ClN2O2S/c16-10-1-6-13-14(9-10)18-8-7-15(13)21(19,20)12-4-2-11(17)3-5-12/h1-9H,17H2. The molecule has 2 N–H and O–H groups in total. The predicted octanol–water partition coefficient (Wildman–Crippen LogP) is 3.30. The average Bonchev–Trinajstić information content (AvgIpc) is 2.46. The van der Waals surface area contributed by atoms with Crippen LogP contribution >= 0.6 is 11.6 Å². The van der Waals surface area contributed by atoms with Crippen LogP contribution < -0.4 is 5.73 Å². The molecule has 0 atom stereocenters. The van der Waals surface area contributed by atoms with Gasteiger partial charge in [0.1, 0.15) is 0 Å². The van der Waals surface area contributed by atoms with Gasteiger partial charge in [-0.25, -0.2) is 8.42 Å². The minimum Gasteiger partial charge on any atom is -0.399 e. The maximum atomic E-state index is 12.7. The Morgan fingerprint density at radius 2 is 1.71 bits per heavy atom. The van der Waals surface area contributed by atoms with Gasteiger partial charge in [-0.05, 0) is 42.5 Å². The summed E-state index contributed by atoms with van der Waals surface area (Å²) >= 11 is 5.92. The van der Waals surface area contributed by atoms with E-state index in [2.05, 4.69) is 4.98 Å². The third kappa shape index (κ3) is 2.46. The van der Waals surface area contributed by atoms with Gasteiger partial charge in [-0.2, -0.15) is 0 Å². The highest BCUT2D eigenvalue weighted by Crippen LogP contribution is 2.28. The molecule has 3 aromatic rings. The summed E-state index contributed by atoms with van der Waals surface area (Å²) in [6.45, 7) is 0. The molecule has 1 aromatic heterocycles. The first-order valence-corrected chi connectivity index (χ1v) is 7.99. The number of halogens is 1. The maximum absolute atomic E-state index is 12.7. The van der Waals surface area contributed by atoms with Gasteiger partial charge in [-0.15, -0.1) is 0 Å². The van der Waals surface area contributed by atoms with Crippen molar-refractivity contribution in [1.82, 2.24) is 4.98 Å². The van der Waals surface area contributed by atoms with Crippen LogP contribution in [0.1, 0.15) is 0 Å². The molecule has 0 saturated heterocycles. The molecular formula is C15H11ClN2O2S. The van der Waals surface area contributed by atoms with Crippen molar-refractivity contribution in [3.8, 4) is 0 Å². The van der Waals surface area contributed by atoms with Crippen molar-refractivity contribution in [1.29, 1.82) is 0 Å². The molecule has 21 heavy (non-hydrogen) atoms. The van der Waals surface area contributed by atoms with E-state index >= 15 is 0 Å². The van der Waals surface area contributed by atoms with Crippen molar-refractivity contribution in [2.24, 2.45) is 0 Å². The summed E-state index contributed by atoms with van der Waals surface area (Å²) in [6.07, 6.45) is 1.46. The number of nitrogens with two attached hydrogens (primary N) is 1. The summed E-state index contributed by atoms with van der Waals surface area (Å²) in [7, 11) is -3.63. The van der Waals surface area contributed by atoms with E-state index < -0.39 is 9.84 Å². The first-order valence-electron chi connectivity index (χ1n) is 6.13. The lowest BCUT2D eigenvalue weighted by molar-refractivity contribution is 0.597. The average molecular weight is 319 g/mol. The Hall–Kier alpha value is -2.11. The molecule has 4 nitrogen and oxygen atoms in total. The zero-order valence-corrected chi connectivity index (χ0v) is 12.4. The molecule has 0 unspecified atom stereocenters. The summed E-state index contributed by atoms with van der Waals surface area (Å²) in [5, 5.41) is 1.05. The smallest absolute Gasteiger partial charge is 0.207 e. The number of hydrogen-bond acceptors (Lipinski definition) is 4. The lowest BCUT2D eigenvalue weighted by Gasteiger charge is -2.08. The van der Waals surface area contributed by atoms with Gasteiger partial charge in [0.2, 0.25) is 9.84 Å². The summed E-state index contributed by atoms with van der Waals surface area (Å²) in [4.78, 5) is 4.55. The van der Waals surface area contributed by atoms with Gasteiger partial charge in [0.05, 0.1) is 15.3 Å². The van der Waals surface area contributed by atoms with E-state index in [9.17, 15) is 8.42 Å². The Kier molecular flexibility index (Phi) is 3.31. The van der Waals surface area contributed by atoms with Gasteiger partial charge in [0.25, 0.3) is 0 Å². The van der Waals surface area contributed by atoms with E-state index in [1.165, 1.54) is 24.4 Å². The summed E-state index contributed by atoms with van der Waals surface area (Å²) in [6, 6.07) is 12.5. The number of aromatic nitrogens is 1. The first kappa shape index (κ1) is 13.9. The molecule has 0 aliphatic rings. The minimum absolute atomic E-state index is 0.194. The Labute approximate surface area is 127 Å². The molecule has 3 rings (SSSR count). The highest BCUT2D eigenvalue weighted by molar-refractivity contribution is 7.91. The molecular weight excluding hydrogens is 308 g/mol. The van der Waals surface area contributed by atoms with Crippen molar-refractivity contribution >= 4 is 38.0 Å². The van der Waals surface area contributed by atoms with Gasteiger partial charge in [-0.1, -0.05) is 17.7 Å². The second kappa shape index (κ2) is 5.02. The SMILES string of the molecule is Nc1ccc(S(=O)(=O)c2ccnc3cc(Cl)ccc23)cc1. The zero-order valence-electron chi connectivity index (χ0n) is 10.8. The van der Waals surface area contributed by atoms with Gasteiger partial charge in [0.15, 0.2) is 0 Å². The number of nitrogens with zero attached hydrogens (tertiary/aromatic N) is 1. The number of pyridine rings is 1. The molecule has 0 aliphatic carbocycles. The molecule has 0 fully saturated rings. The van der Waals surface area contributed by atoms with Crippen LogP contribution in [0.4, 0.5) is 5.69 Å². The molecule has 6 heteroatoms. The third-order valence-corrected chi connectivity index (χ3v) is 5.21. The molecule has 0 radical (unpaired) electrons. The molecule has 0 amide bonds. The normalized spacial score (nSPS) is 11.7. The third-order valence-electron chi connectivity index (χ3n) is 3.14. The van der Waals surface area contributed by atoms with E-state index in [0.29, 0.717) is 21.6 Å². The lowest BCUT2D eigenvalue weighted by Crippen LogP contribution is -2.03. The number of sulfone groups is 1. The summed E-state index contributed by atoms with van der Waals surface area (Å²) in [5.74, 6) is 0. The molecule has 0 saturated carbocycles. The Morgan fingerprint density at radius 3 is 2.43 bits per heavy atom. The fourth-order valence-corrected chi connectivity index (χ4v) is 3.72. The van der Waals surface area contributed by atoms with Crippen LogP contribution in [0, 0.1) is 0 Å². The van der Waals surface area contributed by atoms with Crippen molar-refractivity contribution < 1.29 is 8.42 Å². The van der Waals surface area contributed by atoms with Crippen molar-refractivity contribution in [3.05, 3.63) is 59.8 Å². The minimum atomic E-state index is -3.63. The molecule has 106 valence electrons. The molecule has 2 aromatic carbocycles. The van der Waals surface area contributed by atoms with Crippen LogP contribution in [-0.2, 0) is 9.84 Å². The van der Waals surface area contributed by atoms with Crippen LogP contribution in [0.5, 0.6) is 0 Å². The van der Waals surface area contributed by atoms with Crippen LogP contribution in [0.15, 0.2) is 64.5 Å². The van der Waals surface area contributed by atoms with Crippen LogP contribution in [0.25, 0.3) is 10.9 Å². The first-order chi connectivity index (χ1) is 9.98. The maximum Gasteiger partial charge on any atom is 0.207 e. The topological polar surface area (TPSA) is 73.1 Å². The Balaban J connectivity index is 2.26. The predicted molar refractivity (Wildman–Crippen MR) is 83.1 cm³/mol. The fraction of sp³-hybridized carbons (Fsp3) is 0. The number of rotatable bonds is 2. The fourth-order valence-electron chi connectivity index (χ4n) is 2.10. The molecule has 0 bridgehead atoms. The number of anilines is 1. The zero-order chi connectivity index (χ0) is 15.0. The van der Waals surface area contributed by atoms with E-state index in [-0.39, 0.29) is 9.79 Å². The van der Waals surface area contributed by atoms with Crippen LogP contribution in [-0.4, -0.2) is 13.4 Å². The van der Waals surface area contributed by atoms with E-state index in [4.69, 9.17) is 17.3 Å². The van der Waals surface area contributed by atoms with Gasteiger partial charge >= 0.3 is 0 Å². The monoisotopic (exact) mass is 318 g/mol. The summed E-state index contributed by atoms with van der Waals surface area (Å²) in [5.41, 5.74) is 6.65. The highest BCUT2D eigenvalue weighted by Gasteiger charge is 2.20. The van der Waals surface area contributed by atoms with Gasteiger partial charge in [-0.3, -0.25) is 4.98 Å². The van der Waals surface area contributed by atoms with Crippen molar-refractivity contribution in [2.45, 2.75) is 9.79 Å². The molecule has 0 aliphatic heterocycles. The highest BCUT2D eigenvalue weighted by atomic mass is 35.5.